The van der Waals surface area contributed by atoms with E-state index < -0.39 is 0 Å². The maximum absolute atomic E-state index is 8.78. The van der Waals surface area contributed by atoms with Gasteiger partial charge in [-0.1, -0.05) is 30.3 Å². The van der Waals surface area contributed by atoms with Crippen LogP contribution >= 0.6 is 11.8 Å². The van der Waals surface area contributed by atoms with Crippen molar-refractivity contribution >= 4 is 11.8 Å². The summed E-state index contributed by atoms with van der Waals surface area (Å²) in [5.41, 5.74) is 7.14. The van der Waals surface area contributed by atoms with E-state index in [4.69, 9.17) is 10.8 Å². The number of rotatable bonds is 5. The van der Waals surface area contributed by atoms with Gasteiger partial charge in [0.15, 0.2) is 0 Å². The van der Waals surface area contributed by atoms with Crippen LogP contribution in [-0.4, -0.2) is 23.5 Å². The smallest absolute Gasteiger partial charge is 0.0521 e. The second-order valence-electron chi connectivity index (χ2n) is 3.28. The summed E-state index contributed by atoms with van der Waals surface area (Å²) in [5, 5.41) is 9.06. The number of benzene rings is 1. The molecule has 2 nitrogen and oxygen atoms in total. The van der Waals surface area contributed by atoms with Crippen molar-refractivity contribution in [3.63, 3.8) is 0 Å². The molecule has 1 aromatic rings. The first-order chi connectivity index (χ1) is 6.75. The molecule has 0 aliphatic carbocycles. The van der Waals surface area contributed by atoms with Crippen LogP contribution in [0.1, 0.15) is 17.7 Å². The highest BCUT2D eigenvalue weighted by molar-refractivity contribution is 7.99. The molecule has 0 heterocycles. The highest BCUT2D eigenvalue weighted by Gasteiger charge is 2.15. The van der Waals surface area contributed by atoms with Gasteiger partial charge in [0.2, 0.25) is 0 Å². The zero-order valence-corrected chi connectivity index (χ0v) is 9.20. The largest absolute Gasteiger partial charge is 0.396 e. The lowest BCUT2D eigenvalue weighted by atomic mass is 10.1. The molecular weight excluding hydrogens is 194 g/mol. The number of hydrogen-bond acceptors (Lipinski definition) is 3. The molecule has 1 rings (SSSR count). The van der Waals surface area contributed by atoms with E-state index in [1.54, 1.807) is 11.8 Å². The fourth-order valence-electron chi connectivity index (χ4n) is 1.37. The Morgan fingerprint density at radius 3 is 2.50 bits per heavy atom. The van der Waals surface area contributed by atoms with Gasteiger partial charge in [0, 0.05) is 17.0 Å². The first-order valence-corrected chi connectivity index (χ1v) is 5.83. The minimum Gasteiger partial charge on any atom is -0.396 e. The monoisotopic (exact) mass is 211 g/mol. The van der Waals surface area contributed by atoms with Gasteiger partial charge >= 0.3 is 0 Å². The first-order valence-electron chi connectivity index (χ1n) is 4.78. The molecule has 1 aromatic carbocycles. The number of hydrogen-bond donors (Lipinski definition) is 2. The Morgan fingerprint density at radius 2 is 2.00 bits per heavy atom. The van der Waals surface area contributed by atoms with Crippen molar-refractivity contribution in [3.05, 3.63) is 35.9 Å². The van der Waals surface area contributed by atoms with Crippen LogP contribution < -0.4 is 5.73 Å². The SMILES string of the molecule is CC(N)C(SCCO)c1ccccc1. The van der Waals surface area contributed by atoms with Gasteiger partial charge in [-0.2, -0.15) is 0 Å². The van der Waals surface area contributed by atoms with E-state index in [1.165, 1.54) is 5.56 Å². The maximum Gasteiger partial charge on any atom is 0.0521 e. The average molecular weight is 211 g/mol. The van der Waals surface area contributed by atoms with E-state index in [2.05, 4.69) is 12.1 Å². The van der Waals surface area contributed by atoms with E-state index in [9.17, 15) is 0 Å². The third-order valence-corrected chi connectivity index (χ3v) is 3.47. The molecule has 0 aliphatic rings. The normalized spacial score (nSPS) is 15.1. The molecule has 2 atom stereocenters. The van der Waals surface area contributed by atoms with Crippen LogP contribution in [0, 0.1) is 0 Å². The van der Waals surface area contributed by atoms with Crippen LogP contribution in [0.3, 0.4) is 0 Å². The summed E-state index contributed by atoms with van der Waals surface area (Å²) in [6.45, 7) is 2.21. The van der Waals surface area contributed by atoms with Crippen molar-refractivity contribution in [1.29, 1.82) is 0 Å². The lowest BCUT2D eigenvalue weighted by Gasteiger charge is -2.20. The Balaban J connectivity index is 2.68. The summed E-state index contributed by atoms with van der Waals surface area (Å²) in [6, 6.07) is 10.3. The van der Waals surface area contributed by atoms with Gasteiger partial charge in [-0.15, -0.1) is 11.8 Å². The van der Waals surface area contributed by atoms with Gasteiger partial charge in [0.1, 0.15) is 0 Å². The Bertz CT molecular complexity index is 251. The van der Waals surface area contributed by atoms with Crippen LogP contribution in [0.25, 0.3) is 0 Å². The zero-order chi connectivity index (χ0) is 10.4. The third kappa shape index (κ3) is 3.33. The summed E-state index contributed by atoms with van der Waals surface area (Å²) in [7, 11) is 0. The van der Waals surface area contributed by atoms with Crippen molar-refractivity contribution in [3.8, 4) is 0 Å². The van der Waals surface area contributed by atoms with Crippen molar-refractivity contribution < 1.29 is 5.11 Å². The maximum atomic E-state index is 8.78. The molecule has 0 amide bonds. The highest BCUT2D eigenvalue weighted by Crippen LogP contribution is 2.30. The van der Waals surface area contributed by atoms with Gasteiger partial charge in [-0.05, 0) is 12.5 Å². The molecule has 14 heavy (non-hydrogen) atoms. The number of thioether (sulfide) groups is 1. The van der Waals surface area contributed by atoms with Crippen LogP contribution in [0.2, 0.25) is 0 Å². The Hall–Kier alpha value is -0.510. The van der Waals surface area contributed by atoms with E-state index >= 15 is 0 Å². The van der Waals surface area contributed by atoms with E-state index in [0.717, 1.165) is 5.75 Å². The lowest BCUT2D eigenvalue weighted by molar-refractivity contribution is 0.322. The zero-order valence-electron chi connectivity index (χ0n) is 8.39. The second kappa shape index (κ2) is 6.06. The fourth-order valence-corrected chi connectivity index (χ4v) is 2.39. The van der Waals surface area contributed by atoms with E-state index in [0.29, 0.717) is 0 Å². The van der Waals surface area contributed by atoms with Gasteiger partial charge in [0.25, 0.3) is 0 Å². The van der Waals surface area contributed by atoms with E-state index in [-0.39, 0.29) is 17.9 Å². The summed E-state index contributed by atoms with van der Waals surface area (Å²) in [6.07, 6.45) is 0. The molecule has 3 heteroatoms. The molecule has 0 fully saturated rings. The van der Waals surface area contributed by atoms with Crippen molar-refractivity contribution in [2.75, 3.05) is 12.4 Å². The van der Waals surface area contributed by atoms with E-state index in [1.807, 2.05) is 25.1 Å². The van der Waals surface area contributed by atoms with Crippen LogP contribution in [0.15, 0.2) is 30.3 Å². The number of aliphatic hydroxyl groups is 1. The van der Waals surface area contributed by atoms with Gasteiger partial charge < -0.3 is 10.8 Å². The quantitative estimate of drug-likeness (QED) is 0.780. The topological polar surface area (TPSA) is 46.2 Å². The minimum atomic E-state index is 0.106. The van der Waals surface area contributed by atoms with Crippen molar-refractivity contribution in [2.24, 2.45) is 5.73 Å². The molecule has 0 aromatic heterocycles. The Morgan fingerprint density at radius 1 is 1.36 bits per heavy atom. The Labute approximate surface area is 89.5 Å². The van der Waals surface area contributed by atoms with Crippen LogP contribution in [0.4, 0.5) is 0 Å². The number of nitrogens with two attached hydrogens (primary N) is 1. The second-order valence-corrected chi connectivity index (χ2v) is 4.53. The standard InChI is InChI=1S/C11H17NOS/c1-9(12)11(14-8-7-13)10-5-3-2-4-6-10/h2-6,9,11,13H,7-8,12H2,1H3. The molecule has 78 valence electrons. The highest BCUT2D eigenvalue weighted by atomic mass is 32.2. The summed E-state index contributed by atoms with van der Waals surface area (Å²) < 4.78 is 0. The third-order valence-electron chi connectivity index (χ3n) is 1.99. The molecule has 0 radical (unpaired) electrons. The summed E-state index contributed by atoms with van der Waals surface area (Å²) >= 11 is 1.71. The molecule has 0 saturated carbocycles. The predicted molar refractivity (Wildman–Crippen MR) is 62.4 cm³/mol. The van der Waals surface area contributed by atoms with Gasteiger partial charge in [-0.25, -0.2) is 0 Å². The van der Waals surface area contributed by atoms with Crippen LogP contribution in [-0.2, 0) is 0 Å². The van der Waals surface area contributed by atoms with Crippen LogP contribution in [0.5, 0.6) is 0 Å². The summed E-state index contributed by atoms with van der Waals surface area (Å²) in [4.78, 5) is 0. The lowest BCUT2D eigenvalue weighted by Crippen LogP contribution is -2.23. The van der Waals surface area contributed by atoms with Crippen molar-refractivity contribution in [2.45, 2.75) is 18.2 Å². The predicted octanol–water partition coefficient (Wildman–Crippen LogP) is 1.80. The molecule has 3 N–H and O–H groups in total. The average Bonchev–Trinajstić information content (AvgIpc) is 2.19. The molecule has 0 saturated heterocycles. The fraction of sp³-hybridized carbons (Fsp3) is 0.455. The molecular formula is C11H17NOS. The summed E-state index contributed by atoms with van der Waals surface area (Å²) in [5.74, 6) is 0.737. The van der Waals surface area contributed by atoms with Gasteiger partial charge in [0.05, 0.1) is 6.61 Å². The first kappa shape index (κ1) is 11.6. The minimum absolute atomic E-state index is 0.106. The van der Waals surface area contributed by atoms with Crippen molar-refractivity contribution in [1.82, 2.24) is 0 Å². The molecule has 0 bridgehead atoms. The van der Waals surface area contributed by atoms with Gasteiger partial charge in [-0.3, -0.25) is 0 Å². The Kier molecular flexibility index (Phi) is 5.01. The number of aliphatic hydroxyl groups excluding tert-OH is 1. The molecule has 2 unspecified atom stereocenters. The molecule has 0 aliphatic heterocycles. The molecule has 0 spiro atoms.